The molecular formula is C15H21NO2. The second-order valence-corrected chi connectivity index (χ2v) is 4.76. The number of aromatic carboxylic acids is 1. The van der Waals surface area contributed by atoms with Crippen LogP contribution in [0.15, 0.2) is 35.9 Å². The van der Waals surface area contributed by atoms with E-state index in [1.165, 1.54) is 5.57 Å². The standard InChI is InChI=1S/C15H21NO2/c1-12(2)8-10-16(3)11-9-13-6-4-5-7-14(13)15(17)18/h4-8H,9-11H2,1-3H3,(H,17,18). The van der Waals surface area contributed by atoms with Gasteiger partial charge < -0.3 is 10.0 Å². The van der Waals surface area contributed by atoms with Crippen molar-refractivity contribution >= 4 is 5.97 Å². The lowest BCUT2D eigenvalue weighted by Crippen LogP contribution is -2.22. The molecule has 1 N–H and O–H groups in total. The number of hydrogen-bond acceptors (Lipinski definition) is 2. The van der Waals surface area contributed by atoms with E-state index in [1.807, 2.05) is 19.2 Å². The second kappa shape index (κ2) is 6.97. The number of allylic oxidation sites excluding steroid dienone is 1. The van der Waals surface area contributed by atoms with Crippen LogP contribution >= 0.6 is 0 Å². The second-order valence-electron chi connectivity index (χ2n) is 4.76. The molecule has 0 fully saturated rings. The maximum Gasteiger partial charge on any atom is 0.335 e. The molecule has 98 valence electrons. The summed E-state index contributed by atoms with van der Waals surface area (Å²) >= 11 is 0. The van der Waals surface area contributed by atoms with Crippen molar-refractivity contribution in [1.82, 2.24) is 4.90 Å². The van der Waals surface area contributed by atoms with Gasteiger partial charge in [-0.15, -0.1) is 0 Å². The smallest absolute Gasteiger partial charge is 0.335 e. The number of benzene rings is 1. The lowest BCUT2D eigenvalue weighted by molar-refractivity contribution is 0.0695. The first-order valence-corrected chi connectivity index (χ1v) is 6.14. The summed E-state index contributed by atoms with van der Waals surface area (Å²) in [6.45, 7) is 5.91. The van der Waals surface area contributed by atoms with Crippen LogP contribution in [0.4, 0.5) is 0 Å². The summed E-state index contributed by atoms with van der Waals surface area (Å²) in [6, 6.07) is 7.20. The van der Waals surface area contributed by atoms with Crippen molar-refractivity contribution < 1.29 is 9.90 Å². The van der Waals surface area contributed by atoms with Crippen molar-refractivity contribution in [1.29, 1.82) is 0 Å². The zero-order valence-electron chi connectivity index (χ0n) is 11.3. The summed E-state index contributed by atoms with van der Waals surface area (Å²) in [4.78, 5) is 13.2. The number of carboxylic acid groups (broad SMARTS) is 1. The van der Waals surface area contributed by atoms with E-state index < -0.39 is 5.97 Å². The maximum absolute atomic E-state index is 11.1. The normalized spacial score (nSPS) is 10.4. The molecule has 0 amide bonds. The van der Waals surface area contributed by atoms with Gasteiger partial charge in [0.1, 0.15) is 0 Å². The molecule has 1 aromatic carbocycles. The van der Waals surface area contributed by atoms with Crippen LogP contribution in [0.3, 0.4) is 0 Å². The molecule has 0 heterocycles. The summed E-state index contributed by atoms with van der Waals surface area (Å²) in [5.41, 5.74) is 2.61. The molecule has 0 aliphatic heterocycles. The fourth-order valence-electron chi connectivity index (χ4n) is 1.69. The van der Waals surface area contributed by atoms with Crippen molar-refractivity contribution in [3.63, 3.8) is 0 Å². The number of nitrogens with zero attached hydrogens (tertiary/aromatic N) is 1. The van der Waals surface area contributed by atoms with Gasteiger partial charge >= 0.3 is 5.97 Å². The molecule has 0 radical (unpaired) electrons. The van der Waals surface area contributed by atoms with Crippen molar-refractivity contribution in [3.05, 3.63) is 47.0 Å². The number of likely N-dealkylation sites (N-methyl/N-ethyl adjacent to an activating group) is 1. The third-order valence-electron chi connectivity index (χ3n) is 2.82. The zero-order valence-corrected chi connectivity index (χ0v) is 11.3. The van der Waals surface area contributed by atoms with Crippen LogP contribution in [-0.4, -0.2) is 36.1 Å². The molecule has 1 aromatic rings. The van der Waals surface area contributed by atoms with Crippen LogP contribution in [0, 0.1) is 0 Å². The van der Waals surface area contributed by atoms with Crippen LogP contribution in [0.1, 0.15) is 29.8 Å². The molecule has 1 rings (SSSR count). The highest BCUT2D eigenvalue weighted by Crippen LogP contribution is 2.10. The Bertz CT molecular complexity index is 434. The summed E-state index contributed by atoms with van der Waals surface area (Å²) < 4.78 is 0. The van der Waals surface area contributed by atoms with Crippen LogP contribution in [0.2, 0.25) is 0 Å². The average Bonchev–Trinajstić information content (AvgIpc) is 2.34. The first kappa shape index (κ1) is 14.5. The van der Waals surface area contributed by atoms with Gasteiger partial charge in [0.15, 0.2) is 0 Å². The van der Waals surface area contributed by atoms with Crippen molar-refractivity contribution in [2.45, 2.75) is 20.3 Å². The molecule has 3 heteroatoms. The number of rotatable bonds is 6. The minimum absolute atomic E-state index is 0.410. The maximum atomic E-state index is 11.1. The minimum atomic E-state index is -0.849. The molecule has 0 aliphatic rings. The van der Waals surface area contributed by atoms with E-state index in [0.717, 1.165) is 25.1 Å². The molecule has 0 aliphatic carbocycles. The Labute approximate surface area is 109 Å². The average molecular weight is 247 g/mol. The molecule has 0 unspecified atom stereocenters. The summed E-state index contributed by atoms with van der Waals surface area (Å²) in [7, 11) is 2.04. The van der Waals surface area contributed by atoms with E-state index in [-0.39, 0.29) is 0 Å². The first-order chi connectivity index (χ1) is 8.50. The third kappa shape index (κ3) is 4.72. The van der Waals surface area contributed by atoms with Crippen molar-refractivity contribution in [2.75, 3.05) is 20.1 Å². The van der Waals surface area contributed by atoms with Crippen molar-refractivity contribution in [2.24, 2.45) is 0 Å². The molecule has 0 saturated carbocycles. The Balaban J connectivity index is 2.58. The number of hydrogen-bond donors (Lipinski definition) is 1. The fraction of sp³-hybridized carbons (Fsp3) is 0.400. The lowest BCUT2D eigenvalue weighted by Gasteiger charge is -2.15. The van der Waals surface area contributed by atoms with Crippen LogP contribution < -0.4 is 0 Å². The molecule has 0 aromatic heterocycles. The van der Waals surface area contributed by atoms with E-state index in [1.54, 1.807) is 12.1 Å². The van der Waals surface area contributed by atoms with Gasteiger partial charge in [0.25, 0.3) is 0 Å². The molecule has 3 nitrogen and oxygen atoms in total. The third-order valence-corrected chi connectivity index (χ3v) is 2.82. The highest BCUT2D eigenvalue weighted by atomic mass is 16.4. The van der Waals surface area contributed by atoms with Gasteiger partial charge in [-0.25, -0.2) is 4.79 Å². The SMILES string of the molecule is CC(C)=CCN(C)CCc1ccccc1C(=O)O. The number of carboxylic acids is 1. The summed E-state index contributed by atoms with van der Waals surface area (Å²) in [5.74, 6) is -0.849. The zero-order chi connectivity index (χ0) is 13.5. The van der Waals surface area contributed by atoms with E-state index in [9.17, 15) is 4.79 Å². The Morgan fingerprint density at radius 2 is 2.00 bits per heavy atom. The Kier molecular flexibility index (Phi) is 5.59. The Morgan fingerprint density at radius 1 is 1.33 bits per heavy atom. The largest absolute Gasteiger partial charge is 0.478 e. The molecule has 0 atom stereocenters. The van der Waals surface area contributed by atoms with Gasteiger partial charge in [-0.05, 0) is 38.9 Å². The quantitative estimate of drug-likeness (QED) is 0.786. The van der Waals surface area contributed by atoms with E-state index in [2.05, 4.69) is 24.8 Å². The first-order valence-electron chi connectivity index (χ1n) is 6.14. The molecule has 0 bridgehead atoms. The van der Waals surface area contributed by atoms with Crippen LogP contribution in [0.5, 0.6) is 0 Å². The molecular weight excluding hydrogens is 226 g/mol. The van der Waals surface area contributed by atoms with Gasteiger partial charge in [-0.3, -0.25) is 0 Å². The van der Waals surface area contributed by atoms with Crippen LogP contribution in [-0.2, 0) is 6.42 Å². The topological polar surface area (TPSA) is 40.5 Å². The predicted octanol–water partition coefficient (Wildman–Crippen LogP) is 2.83. The van der Waals surface area contributed by atoms with Gasteiger partial charge in [0.2, 0.25) is 0 Å². The Hall–Kier alpha value is -1.61. The van der Waals surface area contributed by atoms with Gasteiger partial charge in [0.05, 0.1) is 5.56 Å². The molecule has 18 heavy (non-hydrogen) atoms. The van der Waals surface area contributed by atoms with Crippen molar-refractivity contribution in [3.8, 4) is 0 Å². The van der Waals surface area contributed by atoms with Gasteiger partial charge in [-0.2, -0.15) is 0 Å². The summed E-state index contributed by atoms with van der Waals surface area (Å²) in [6.07, 6.45) is 2.93. The summed E-state index contributed by atoms with van der Waals surface area (Å²) in [5, 5.41) is 9.08. The fourth-order valence-corrected chi connectivity index (χ4v) is 1.69. The van der Waals surface area contributed by atoms with Gasteiger partial charge in [0, 0.05) is 13.1 Å². The van der Waals surface area contributed by atoms with Gasteiger partial charge in [-0.1, -0.05) is 29.8 Å². The lowest BCUT2D eigenvalue weighted by atomic mass is 10.0. The van der Waals surface area contributed by atoms with E-state index >= 15 is 0 Å². The highest BCUT2D eigenvalue weighted by Gasteiger charge is 2.09. The monoisotopic (exact) mass is 247 g/mol. The van der Waals surface area contributed by atoms with E-state index in [0.29, 0.717) is 5.56 Å². The predicted molar refractivity (Wildman–Crippen MR) is 74.0 cm³/mol. The molecule has 0 spiro atoms. The van der Waals surface area contributed by atoms with E-state index in [4.69, 9.17) is 5.11 Å². The highest BCUT2D eigenvalue weighted by molar-refractivity contribution is 5.89. The Morgan fingerprint density at radius 3 is 2.61 bits per heavy atom. The number of carbonyl (C=O) groups is 1. The van der Waals surface area contributed by atoms with Crippen LogP contribution in [0.25, 0.3) is 0 Å². The molecule has 0 saturated heterocycles. The minimum Gasteiger partial charge on any atom is -0.478 e.